The molecule has 1 amide bonds. The summed E-state index contributed by atoms with van der Waals surface area (Å²) >= 11 is 7.25. The second kappa shape index (κ2) is 7.96. The third-order valence-electron chi connectivity index (χ3n) is 4.70. The molecule has 0 saturated carbocycles. The summed E-state index contributed by atoms with van der Waals surface area (Å²) < 4.78 is 18.1. The highest BCUT2D eigenvalue weighted by molar-refractivity contribution is 7.99. The average molecular weight is 431 g/mol. The first-order chi connectivity index (χ1) is 13.9. The van der Waals surface area contributed by atoms with Crippen molar-refractivity contribution in [2.45, 2.75) is 24.8 Å². The number of H-pyrrole nitrogens is 1. The molecule has 0 radical (unpaired) electrons. The van der Waals surface area contributed by atoms with Gasteiger partial charge in [0.15, 0.2) is 0 Å². The standard InChI is InChI=1S/C20H16ClFN4O2S/c1-11-19(29-25-24-11)20(28)26(14-5-2-4-13(21)9-14)10-12-8-17(27)23-18-15(12)6-3-7-16(18)22/h2-9,11,19H,10H2,1H3,(H,23,27). The lowest BCUT2D eigenvalue weighted by atomic mass is 10.1. The number of aromatic nitrogens is 1. The number of benzene rings is 2. The number of amides is 1. The fourth-order valence-corrected chi connectivity index (χ4v) is 4.20. The van der Waals surface area contributed by atoms with E-state index in [-0.39, 0.29) is 24.0 Å². The summed E-state index contributed by atoms with van der Waals surface area (Å²) in [4.78, 5) is 29.5. The Morgan fingerprint density at radius 1 is 1.28 bits per heavy atom. The maximum Gasteiger partial charge on any atom is 0.248 e. The molecule has 9 heteroatoms. The van der Waals surface area contributed by atoms with E-state index in [0.29, 0.717) is 21.7 Å². The third-order valence-corrected chi connectivity index (χ3v) is 5.95. The Bertz CT molecular complexity index is 1180. The Kier molecular flexibility index (Phi) is 5.38. The van der Waals surface area contributed by atoms with Crippen LogP contribution in [0.1, 0.15) is 12.5 Å². The lowest BCUT2D eigenvalue weighted by Crippen LogP contribution is -2.40. The van der Waals surface area contributed by atoms with Crippen LogP contribution in [0.25, 0.3) is 10.9 Å². The summed E-state index contributed by atoms with van der Waals surface area (Å²) in [5, 5.41) is 4.55. The second-order valence-corrected chi connectivity index (χ2v) is 8.01. The minimum absolute atomic E-state index is 0.0762. The van der Waals surface area contributed by atoms with E-state index in [9.17, 15) is 14.0 Å². The van der Waals surface area contributed by atoms with Crippen LogP contribution in [-0.2, 0) is 11.3 Å². The number of para-hydroxylation sites is 1. The van der Waals surface area contributed by atoms with E-state index in [0.717, 1.165) is 11.9 Å². The van der Waals surface area contributed by atoms with Gasteiger partial charge in [-0.3, -0.25) is 9.59 Å². The minimum atomic E-state index is -0.528. The number of nitrogens with zero attached hydrogens (tertiary/aromatic N) is 3. The van der Waals surface area contributed by atoms with E-state index < -0.39 is 16.6 Å². The van der Waals surface area contributed by atoms with Gasteiger partial charge >= 0.3 is 0 Å². The average Bonchev–Trinajstić information content (AvgIpc) is 3.12. The van der Waals surface area contributed by atoms with Gasteiger partial charge < -0.3 is 9.88 Å². The number of nitrogens with one attached hydrogen (secondary N) is 1. The van der Waals surface area contributed by atoms with Crippen LogP contribution in [0.5, 0.6) is 0 Å². The third kappa shape index (κ3) is 3.90. The zero-order chi connectivity index (χ0) is 20.5. The van der Waals surface area contributed by atoms with Crippen molar-refractivity contribution in [1.82, 2.24) is 4.98 Å². The first-order valence-corrected chi connectivity index (χ1v) is 10.1. The molecule has 0 spiro atoms. The number of hydrogen-bond donors (Lipinski definition) is 1. The number of carbonyl (C=O) groups excluding carboxylic acids is 1. The van der Waals surface area contributed by atoms with E-state index in [1.54, 1.807) is 36.4 Å². The zero-order valence-electron chi connectivity index (χ0n) is 15.3. The zero-order valence-corrected chi connectivity index (χ0v) is 16.9. The molecule has 1 aliphatic heterocycles. The molecule has 2 atom stereocenters. The summed E-state index contributed by atoms with van der Waals surface area (Å²) in [6.07, 6.45) is 0. The molecule has 2 unspecified atom stereocenters. The maximum atomic E-state index is 14.2. The van der Waals surface area contributed by atoms with Gasteiger partial charge in [-0.25, -0.2) is 4.39 Å². The number of hydrogen-bond acceptors (Lipinski definition) is 5. The van der Waals surface area contributed by atoms with E-state index in [1.807, 2.05) is 6.92 Å². The van der Waals surface area contributed by atoms with Gasteiger partial charge in [-0.15, -0.1) is 4.52 Å². The molecule has 1 N–H and O–H groups in total. The SMILES string of the molecule is CC1N=NSC1C(=O)N(Cc1cc(=O)[nH]c2c(F)cccc12)c1cccc(Cl)c1. The molecule has 0 fully saturated rings. The van der Waals surface area contributed by atoms with Crippen LogP contribution in [0, 0.1) is 5.82 Å². The normalized spacial score (nSPS) is 18.3. The van der Waals surface area contributed by atoms with Gasteiger partial charge in [-0.05, 0) is 36.8 Å². The fourth-order valence-electron chi connectivity index (χ4n) is 3.26. The second-order valence-electron chi connectivity index (χ2n) is 6.69. The van der Waals surface area contributed by atoms with Crippen molar-refractivity contribution in [2.75, 3.05) is 4.90 Å². The molecule has 3 aromatic rings. The van der Waals surface area contributed by atoms with E-state index in [1.165, 1.54) is 17.0 Å². The number of pyridine rings is 1. The smallest absolute Gasteiger partial charge is 0.248 e. The molecule has 6 nitrogen and oxygen atoms in total. The summed E-state index contributed by atoms with van der Waals surface area (Å²) in [6, 6.07) is 12.6. The molecule has 2 aromatic carbocycles. The van der Waals surface area contributed by atoms with Gasteiger partial charge in [0.25, 0.3) is 0 Å². The molecule has 0 saturated heterocycles. The fraction of sp³-hybridized carbons (Fsp3) is 0.200. The molecule has 29 heavy (non-hydrogen) atoms. The highest BCUT2D eigenvalue weighted by Gasteiger charge is 2.34. The molecular weight excluding hydrogens is 415 g/mol. The van der Waals surface area contributed by atoms with Crippen LogP contribution in [0.4, 0.5) is 10.1 Å². The monoisotopic (exact) mass is 430 g/mol. The molecular formula is C20H16ClFN4O2S. The van der Waals surface area contributed by atoms with Crippen molar-refractivity contribution >= 4 is 46.0 Å². The van der Waals surface area contributed by atoms with Crippen molar-refractivity contribution in [3.05, 3.63) is 75.3 Å². The van der Waals surface area contributed by atoms with E-state index in [4.69, 9.17) is 11.6 Å². The lowest BCUT2D eigenvalue weighted by Gasteiger charge is -2.26. The Balaban J connectivity index is 1.81. The molecule has 148 valence electrons. The maximum absolute atomic E-state index is 14.2. The van der Waals surface area contributed by atoms with Crippen LogP contribution in [0.3, 0.4) is 0 Å². The van der Waals surface area contributed by atoms with E-state index >= 15 is 0 Å². The summed E-state index contributed by atoms with van der Waals surface area (Å²) in [6.45, 7) is 1.90. The topological polar surface area (TPSA) is 77.9 Å². The van der Waals surface area contributed by atoms with Crippen molar-refractivity contribution in [3.63, 3.8) is 0 Å². The van der Waals surface area contributed by atoms with Gasteiger partial charge in [-0.1, -0.05) is 29.8 Å². The van der Waals surface area contributed by atoms with Crippen LogP contribution in [0.15, 0.2) is 63.0 Å². The van der Waals surface area contributed by atoms with Crippen molar-refractivity contribution in [1.29, 1.82) is 0 Å². The number of rotatable bonds is 4. The summed E-state index contributed by atoms with van der Waals surface area (Å²) in [5.74, 6) is -0.737. The molecule has 0 aliphatic carbocycles. The van der Waals surface area contributed by atoms with E-state index in [2.05, 4.69) is 14.6 Å². The molecule has 4 rings (SSSR count). The molecule has 1 aromatic heterocycles. The highest BCUT2D eigenvalue weighted by Crippen LogP contribution is 2.32. The lowest BCUT2D eigenvalue weighted by molar-refractivity contribution is -0.118. The highest BCUT2D eigenvalue weighted by atomic mass is 35.5. The van der Waals surface area contributed by atoms with Gasteiger partial charge in [0.1, 0.15) is 11.1 Å². The molecule has 1 aliphatic rings. The van der Waals surface area contributed by atoms with Crippen molar-refractivity contribution in [2.24, 2.45) is 9.63 Å². The number of carbonyl (C=O) groups is 1. The molecule has 0 bridgehead atoms. The molecule has 2 heterocycles. The summed E-state index contributed by atoms with van der Waals surface area (Å²) in [7, 11) is 0. The van der Waals surface area contributed by atoms with Crippen LogP contribution in [0.2, 0.25) is 5.02 Å². The number of anilines is 1. The number of halogens is 2. The first kappa shape index (κ1) is 19.6. The van der Waals surface area contributed by atoms with Gasteiger partial charge in [0.2, 0.25) is 11.5 Å². The Hall–Kier alpha value is -2.71. The summed E-state index contributed by atoms with van der Waals surface area (Å²) in [5.41, 5.74) is 0.778. The van der Waals surface area contributed by atoms with Gasteiger partial charge in [0.05, 0.1) is 18.1 Å². The predicted octanol–water partition coefficient (Wildman–Crippen LogP) is 4.72. The van der Waals surface area contributed by atoms with Crippen LogP contribution in [-0.4, -0.2) is 22.2 Å². The van der Waals surface area contributed by atoms with Crippen LogP contribution < -0.4 is 10.5 Å². The van der Waals surface area contributed by atoms with Crippen LogP contribution >= 0.6 is 23.5 Å². The van der Waals surface area contributed by atoms with Crippen molar-refractivity contribution < 1.29 is 9.18 Å². The number of aromatic amines is 1. The van der Waals surface area contributed by atoms with Gasteiger partial charge in [-0.2, -0.15) is 5.11 Å². The Morgan fingerprint density at radius 2 is 2.07 bits per heavy atom. The van der Waals surface area contributed by atoms with Crippen molar-refractivity contribution in [3.8, 4) is 0 Å². The first-order valence-electron chi connectivity index (χ1n) is 8.87. The Morgan fingerprint density at radius 3 is 2.79 bits per heavy atom. The minimum Gasteiger partial charge on any atom is -0.319 e. The number of fused-ring (bicyclic) bond motifs is 1. The van der Waals surface area contributed by atoms with Gasteiger partial charge in [0, 0.05) is 34.1 Å². The quantitative estimate of drug-likeness (QED) is 0.608. The predicted molar refractivity (Wildman–Crippen MR) is 113 cm³/mol. The largest absolute Gasteiger partial charge is 0.319 e. The Labute approximate surface area is 174 Å².